The number of fused-ring (bicyclic) bond motifs is 7. The molecule has 0 aliphatic heterocycles. The molecule has 2 aliphatic rings. The molecule has 0 N–H and O–H groups in total. The summed E-state index contributed by atoms with van der Waals surface area (Å²) in [6.45, 7) is 0. The van der Waals surface area contributed by atoms with E-state index in [9.17, 15) is 0 Å². The van der Waals surface area contributed by atoms with Crippen molar-refractivity contribution in [2.45, 2.75) is 76.0 Å². The molecular weight excluding hydrogens is 704 g/mol. The van der Waals surface area contributed by atoms with Gasteiger partial charge < -0.3 is 0 Å². The first kappa shape index (κ1) is 31.8. The van der Waals surface area contributed by atoms with Gasteiger partial charge in [0.05, 0.1) is 0 Å². The van der Waals surface area contributed by atoms with Crippen LogP contribution in [0, 0.1) is 0 Å². The van der Waals surface area contributed by atoms with E-state index in [1.165, 1.54) is 149 Å². The van der Waals surface area contributed by atoms with E-state index in [0.29, 0.717) is 11.8 Å². The molecule has 258 valence electrons. The summed E-state index contributed by atoms with van der Waals surface area (Å²) in [4.78, 5) is 0. The van der Waals surface area contributed by atoms with Crippen molar-refractivity contribution in [3.05, 3.63) is 145 Å². The Hall–Kier alpha value is -4.68. The predicted molar refractivity (Wildman–Crippen MR) is 231 cm³/mol. The van der Waals surface area contributed by atoms with Crippen molar-refractivity contribution < 1.29 is 0 Å². The van der Waals surface area contributed by atoms with Crippen molar-refractivity contribution >= 4 is 76.9 Å². The molecule has 1 heterocycles. The minimum atomic E-state index is 0.190. The first-order chi connectivity index (χ1) is 26.3. The zero-order valence-corrected chi connectivity index (χ0v) is 32.0. The number of rotatable bonds is 4. The zero-order chi connectivity index (χ0) is 34.9. The quantitative estimate of drug-likeness (QED) is 0.124. The molecule has 11 rings (SSSR count). The molecule has 2 aliphatic carbocycles. The Balaban J connectivity index is 1.20. The van der Waals surface area contributed by atoms with Gasteiger partial charge in [-0.3, -0.25) is 0 Å². The maximum absolute atomic E-state index is 2.43. The Kier molecular flexibility index (Phi) is 7.81. The summed E-state index contributed by atoms with van der Waals surface area (Å²) in [5.74, 6) is 1.27. The van der Waals surface area contributed by atoms with E-state index in [2.05, 4.69) is 133 Å². The van der Waals surface area contributed by atoms with E-state index in [1.54, 1.807) is 11.1 Å². The zero-order valence-electron chi connectivity index (χ0n) is 30.3. The SMILES string of the molecule is c1cc(-c2c3ccccc3c(C3CCCCC3)c3ccccc23)c2c(c1)[se]c1c(-c3c4ccccc4c(C4CCCCC4)c4ccccc34)cccc12. The molecule has 2 fully saturated rings. The van der Waals surface area contributed by atoms with Crippen LogP contribution in [0.5, 0.6) is 0 Å². The normalized spacial score (nSPS) is 16.2. The molecule has 9 aromatic rings. The van der Waals surface area contributed by atoms with Crippen LogP contribution in [-0.2, 0) is 0 Å². The Morgan fingerprint density at radius 3 is 1.19 bits per heavy atom. The van der Waals surface area contributed by atoms with Gasteiger partial charge in [0.15, 0.2) is 0 Å². The monoisotopic (exact) mass is 748 g/mol. The van der Waals surface area contributed by atoms with Crippen LogP contribution in [0.1, 0.15) is 87.2 Å². The number of hydrogen-bond donors (Lipinski definition) is 0. The van der Waals surface area contributed by atoms with Crippen LogP contribution in [0.25, 0.3) is 84.6 Å². The van der Waals surface area contributed by atoms with Gasteiger partial charge in [-0.25, -0.2) is 0 Å². The third-order valence-electron chi connectivity index (χ3n) is 13.0. The standard InChI is InChI=1S/C52H44Se/c1-3-17-33(18-4-1)47-35-21-7-11-25-39(35)49(40-26-12-8-22-36(40)47)43-29-16-32-46-51(43)45-31-15-30-44(52(45)53-46)50-41-27-13-9-23-37(41)48(34-19-5-2-6-20-34)38-24-10-14-28-42(38)50/h7-16,21-34H,1-6,17-20H2. The van der Waals surface area contributed by atoms with Gasteiger partial charge >= 0.3 is 320 Å². The Bertz CT molecular complexity index is 2740. The van der Waals surface area contributed by atoms with Crippen LogP contribution in [0.3, 0.4) is 0 Å². The number of hydrogen-bond acceptors (Lipinski definition) is 0. The van der Waals surface area contributed by atoms with Crippen molar-refractivity contribution in [2.75, 3.05) is 0 Å². The second-order valence-corrected chi connectivity index (χ2v) is 18.1. The van der Waals surface area contributed by atoms with Crippen LogP contribution in [0.15, 0.2) is 133 Å². The Morgan fingerprint density at radius 2 is 0.717 bits per heavy atom. The average Bonchev–Trinajstić information content (AvgIpc) is 3.62. The summed E-state index contributed by atoms with van der Waals surface area (Å²) in [5.41, 5.74) is 8.85. The van der Waals surface area contributed by atoms with Gasteiger partial charge in [0.1, 0.15) is 0 Å². The number of benzene rings is 8. The maximum atomic E-state index is 2.43. The topological polar surface area (TPSA) is 0 Å². The third kappa shape index (κ3) is 5.01. The molecular formula is C52H44Se. The average molecular weight is 748 g/mol. The molecule has 0 amide bonds. The first-order valence-corrected chi connectivity index (χ1v) is 21.9. The van der Waals surface area contributed by atoms with Crippen molar-refractivity contribution in [3.63, 3.8) is 0 Å². The molecule has 1 aromatic heterocycles. The van der Waals surface area contributed by atoms with E-state index in [1.807, 2.05) is 0 Å². The summed E-state index contributed by atoms with van der Waals surface area (Å²) in [5, 5.41) is 14.4. The second kappa shape index (κ2) is 13.0. The Morgan fingerprint density at radius 1 is 0.340 bits per heavy atom. The molecule has 0 radical (unpaired) electrons. The third-order valence-corrected chi connectivity index (χ3v) is 15.6. The van der Waals surface area contributed by atoms with E-state index in [-0.39, 0.29) is 14.5 Å². The summed E-state index contributed by atoms with van der Waals surface area (Å²) in [6, 6.07) is 51.8. The van der Waals surface area contributed by atoms with Crippen molar-refractivity contribution in [3.8, 4) is 22.3 Å². The van der Waals surface area contributed by atoms with Gasteiger partial charge in [-0.05, 0) is 0 Å². The van der Waals surface area contributed by atoms with E-state index >= 15 is 0 Å². The fraction of sp³-hybridized carbons (Fsp3) is 0.231. The summed E-state index contributed by atoms with van der Waals surface area (Å²) < 4.78 is 3.05. The van der Waals surface area contributed by atoms with Crippen LogP contribution >= 0.6 is 0 Å². The van der Waals surface area contributed by atoms with Gasteiger partial charge in [-0.15, -0.1) is 0 Å². The summed E-state index contributed by atoms with van der Waals surface area (Å²) in [7, 11) is 0. The molecule has 0 atom stereocenters. The van der Waals surface area contributed by atoms with Crippen LogP contribution in [0.4, 0.5) is 0 Å². The van der Waals surface area contributed by atoms with Crippen molar-refractivity contribution in [1.29, 1.82) is 0 Å². The molecule has 2 saturated carbocycles. The minimum absolute atomic E-state index is 0.190. The van der Waals surface area contributed by atoms with Crippen LogP contribution in [0.2, 0.25) is 0 Å². The second-order valence-electron chi connectivity index (χ2n) is 15.9. The fourth-order valence-electron chi connectivity index (χ4n) is 10.8. The fourth-order valence-corrected chi connectivity index (χ4v) is 13.4. The van der Waals surface area contributed by atoms with Gasteiger partial charge in [0.2, 0.25) is 0 Å². The van der Waals surface area contributed by atoms with Crippen molar-refractivity contribution in [1.82, 2.24) is 0 Å². The molecule has 1 heteroatoms. The first-order valence-electron chi connectivity index (χ1n) is 20.2. The predicted octanol–water partition coefficient (Wildman–Crippen LogP) is 15.1. The Labute approximate surface area is 318 Å². The van der Waals surface area contributed by atoms with Crippen LogP contribution in [-0.4, -0.2) is 14.5 Å². The van der Waals surface area contributed by atoms with E-state index in [4.69, 9.17) is 0 Å². The van der Waals surface area contributed by atoms with Crippen molar-refractivity contribution in [2.24, 2.45) is 0 Å². The van der Waals surface area contributed by atoms with Gasteiger partial charge in [-0.2, -0.15) is 0 Å². The molecule has 0 nitrogen and oxygen atoms in total. The molecule has 8 aromatic carbocycles. The van der Waals surface area contributed by atoms with E-state index in [0.717, 1.165) is 0 Å². The molecule has 53 heavy (non-hydrogen) atoms. The van der Waals surface area contributed by atoms with Gasteiger partial charge in [0.25, 0.3) is 0 Å². The van der Waals surface area contributed by atoms with Gasteiger partial charge in [0, 0.05) is 0 Å². The molecule has 0 bridgehead atoms. The van der Waals surface area contributed by atoms with Gasteiger partial charge in [-0.1, -0.05) is 0 Å². The summed E-state index contributed by atoms with van der Waals surface area (Å²) in [6.07, 6.45) is 13.3. The van der Waals surface area contributed by atoms with E-state index < -0.39 is 0 Å². The molecule has 0 spiro atoms. The summed E-state index contributed by atoms with van der Waals surface area (Å²) >= 11 is 0.190. The molecule has 0 saturated heterocycles. The molecule has 0 unspecified atom stereocenters. The van der Waals surface area contributed by atoms with Crippen LogP contribution < -0.4 is 0 Å².